The zero-order valence-corrected chi connectivity index (χ0v) is 9.41. The van der Waals surface area contributed by atoms with Gasteiger partial charge < -0.3 is 30.3 Å². The molecule has 1 heteroatoms. The molecule has 2 aromatic rings. The second-order valence-corrected chi connectivity index (χ2v) is 3.01. The van der Waals surface area contributed by atoms with Gasteiger partial charge in [0.25, 0.3) is 0 Å². The van der Waals surface area contributed by atoms with Gasteiger partial charge >= 0.3 is 0 Å². The van der Waals surface area contributed by atoms with E-state index in [0.29, 0.717) is 0 Å². The molecule has 84 valence electrons. The molecular weight excluding hydrogens is 215 g/mol. The summed E-state index contributed by atoms with van der Waals surface area (Å²) < 4.78 is 0. The first-order valence-electron chi connectivity index (χ1n) is 4.80. The smallest absolute Gasteiger partial charge is 0 e. The van der Waals surface area contributed by atoms with Crippen LogP contribution in [0.25, 0.3) is 0 Å². The Labute approximate surface area is 96.6 Å². The van der Waals surface area contributed by atoms with Crippen LogP contribution < -0.4 is 0 Å². The van der Waals surface area contributed by atoms with Crippen LogP contribution in [0, 0.1) is 0 Å². The first-order valence-corrected chi connectivity index (χ1v) is 4.80. The number of hydrogen-bond acceptors (Lipinski definition) is 0. The van der Waals surface area contributed by atoms with Gasteiger partial charge in [-0.1, -0.05) is 19.8 Å². The van der Waals surface area contributed by atoms with Crippen molar-refractivity contribution in [1.82, 2.24) is 0 Å². The van der Waals surface area contributed by atoms with Crippen LogP contribution in [-0.2, 0) is 22.9 Å². The Bertz CT molecular complexity index is 249. The molecule has 0 amide bonds. The summed E-state index contributed by atoms with van der Waals surface area (Å²) in [4.78, 5) is 0. The number of rotatable bonds is 2. The molecule has 0 bridgehead atoms. The zero-order chi connectivity index (χ0) is 9.36. The van der Waals surface area contributed by atoms with E-state index < -0.39 is 0 Å². The van der Waals surface area contributed by atoms with E-state index in [4.69, 9.17) is 0 Å². The van der Waals surface area contributed by atoms with Crippen molar-refractivity contribution in [2.45, 2.75) is 19.8 Å². The molecule has 14 heavy (non-hydrogen) atoms. The summed E-state index contributed by atoms with van der Waals surface area (Å²) in [5, 5.41) is 0. The van der Waals surface area contributed by atoms with Gasteiger partial charge in [0.15, 0.2) is 0 Å². The molecular formula is C13H16Ni-6. The standard InChI is InChI=1S/C8H11.C5H5.Ni/c1-2-5-8-6-3-4-7-8;1-2-4-5-3-1;/h3-4,6-7H,2,5H2,1H3;1-5H;/q-1;-5;. The summed E-state index contributed by atoms with van der Waals surface area (Å²) in [6, 6.07) is 18.5. The van der Waals surface area contributed by atoms with Gasteiger partial charge in [-0.15, -0.1) is 0 Å². The number of aryl methyl sites for hydroxylation is 1. The molecule has 0 fully saturated rings. The van der Waals surface area contributed by atoms with Crippen molar-refractivity contribution < 1.29 is 16.5 Å². The van der Waals surface area contributed by atoms with Crippen molar-refractivity contribution in [2.24, 2.45) is 0 Å². The average molecular weight is 231 g/mol. The topological polar surface area (TPSA) is 0 Å². The van der Waals surface area contributed by atoms with Crippen molar-refractivity contribution in [3.63, 3.8) is 0 Å². The third-order valence-corrected chi connectivity index (χ3v) is 1.83. The molecule has 0 saturated carbocycles. The molecule has 0 unspecified atom stereocenters. The minimum Gasteiger partial charge on any atom is -0.748 e. The summed E-state index contributed by atoms with van der Waals surface area (Å²) >= 11 is 0. The summed E-state index contributed by atoms with van der Waals surface area (Å²) in [5.41, 5.74) is 1.47. The van der Waals surface area contributed by atoms with Crippen molar-refractivity contribution in [3.8, 4) is 0 Å². The molecule has 0 saturated heterocycles. The predicted molar refractivity (Wildman–Crippen MR) is 58.1 cm³/mol. The molecule has 2 rings (SSSR count). The minimum absolute atomic E-state index is 0. The summed E-state index contributed by atoms with van der Waals surface area (Å²) in [5.74, 6) is 0. The number of hydrogen-bond donors (Lipinski definition) is 0. The largest absolute Gasteiger partial charge is 0.748 e. The maximum atomic E-state index is 2.20. The van der Waals surface area contributed by atoms with Gasteiger partial charge in [-0.25, -0.2) is 12.1 Å². The molecule has 0 aliphatic heterocycles. The van der Waals surface area contributed by atoms with Crippen LogP contribution in [0.3, 0.4) is 0 Å². The molecule has 0 N–H and O–H groups in total. The van der Waals surface area contributed by atoms with Crippen molar-refractivity contribution >= 4 is 0 Å². The van der Waals surface area contributed by atoms with E-state index in [9.17, 15) is 0 Å². The van der Waals surface area contributed by atoms with Crippen molar-refractivity contribution in [2.75, 3.05) is 0 Å². The van der Waals surface area contributed by atoms with E-state index in [1.807, 2.05) is 30.3 Å². The minimum atomic E-state index is 0. The van der Waals surface area contributed by atoms with E-state index in [-0.39, 0.29) is 16.5 Å². The molecule has 0 nitrogen and oxygen atoms in total. The normalized spacial score (nSPS) is 8.36. The van der Waals surface area contributed by atoms with Gasteiger partial charge in [-0.3, -0.25) is 0 Å². The first-order chi connectivity index (χ1) is 6.43. The van der Waals surface area contributed by atoms with Gasteiger partial charge in [0.05, 0.1) is 0 Å². The van der Waals surface area contributed by atoms with E-state index >= 15 is 0 Å². The predicted octanol–water partition coefficient (Wildman–Crippen LogP) is 3.76. The third-order valence-electron chi connectivity index (χ3n) is 1.83. The quantitative estimate of drug-likeness (QED) is 0.545. The van der Waals surface area contributed by atoms with Crippen LogP contribution in [0.15, 0.2) is 54.6 Å². The summed E-state index contributed by atoms with van der Waals surface area (Å²) in [7, 11) is 0. The molecule has 2 aromatic carbocycles. The molecule has 0 aliphatic carbocycles. The van der Waals surface area contributed by atoms with Crippen LogP contribution in [0.4, 0.5) is 0 Å². The Balaban J connectivity index is 0.000000246. The second-order valence-electron chi connectivity index (χ2n) is 3.01. The van der Waals surface area contributed by atoms with Gasteiger partial charge in [-0.05, 0) is 0 Å². The molecule has 0 aliphatic rings. The fourth-order valence-corrected chi connectivity index (χ4v) is 1.19. The SMILES string of the molecule is CCC[c-]1cccc1.[Ni].[cH-]1[cH-][cH-][cH-][cH-]1. The Morgan fingerprint density at radius 3 is 1.71 bits per heavy atom. The average Bonchev–Trinajstić information content (AvgIpc) is 2.79. The van der Waals surface area contributed by atoms with Gasteiger partial charge in [-0.2, -0.15) is 17.7 Å². The summed E-state index contributed by atoms with van der Waals surface area (Å²) in [6.07, 6.45) is 2.48. The van der Waals surface area contributed by atoms with Gasteiger partial charge in [0.1, 0.15) is 0 Å². The van der Waals surface area contributed by atoms with Crippen LogP contribution in [-0.4, -0.2) is 0 Å². The molecule has 0 aromatic heterocycles. The van der Waals surface area contributed by atoms with E-state index in [1.165, 1.54) is 18.4 Å². The molecule has 0 spiro atoms. The van der Waals surface area contributed by atoms with Gasteiger partial charge in [0.2, 0.25) is 0 Å². The van der Waals surface area contributed by atoms with Gasteiger partial charge in [0, 0.05) is 16.5 Å². The van der Waals surface area contributed by atoms with Crippen LogP contribution in [0.2, 0.25) is 0 Å². The Hall–Kier alpha value is -0.806. The maximum Gasteiger partial charge on any atom is 0 e. The van der Waals surface area contributed by atoms with E-state index in [2.05, 4.69) is 31.2 Å². The monoisotopic (exact) mass is 230 g/mol. The van der Waals surface area contributed by atoms with Crippen LogP contribution in [0.5, 0.6) is 0 Å². The fraction of sp³-hybridized carbons (Fsp3) is 0.231. The van der Waals surface area contributed by atoms with Crippen LogP contribution >= 0.6 is 0 Å². The second kappa shape index (κ2) is 8.78. The Morgan fingerprint density at radius 1 is 0.929 bits per heavy atom. The molecule has 0 radical (unpaired) electrons. The first kappa shape index (κ1) is 13.2. The third kappa shape index (κ3) is 5.77. The van der Waals surface area contributed by atoms with E-state index in [0.717, 1.165) is 0 Å². The maximum absolute atomic E-state index is 2.20. The molecule has 0 atom stereocenters. The Morgan fingerprint density at radius 2 is 1.36 bits per heavy atom. The van der Waals surface area contributed by atoms with Crippen molar-refractivity contribution in [3.05, 3.63) is 60.2 Å². The Kier molecular flexibility index (Phi) is 8.27. The van der Waals surface area contributed by atoms with Crippen LogP contribution in [0.1, 0.15) is 18.9 Å². The summed E-state index contributed by atoms with van der Waals surface area (Å²) in [6.45, 7) is 2.20. The molecule has 0 heterocycles. The van der Waals surface area contributed by atoms with E-state index in [1.54, 1.807) is 0 Å². The zero-order valence-electron chi connectivity index (χ0n) is 8.43. The fourth-order valence-electron chi connectivity index (χ4n) is 1.19. The van der Waals surface area contributed by atoms with Crippen molar-refractivity contribution in [1.29, 1.82) is 0 Å².